The summed E-state index contributed by atoms with van der Waals surface area (Å²) in [4.78, 5) is 9.23. The van der Waals surface area contributed by atoms with E-state index in [0.717, 1.165) is 36.1 Å². The molecule has 0 radical (unpaired) electrons. The van der Waals surface area contributed by atoms with Gasteiger partial charge in [0.15, 0.2) is 5.82 Å². The maximum Gasteiger partial charge on any atom is 0.159 e. The second-order valence-electron chi connectivity index (χ2n) is 10.9. The fourth-order valence-corrected chi connectivity index (χ4v) is 5.38. The molecule has 0 bridgehead atoms. The first-order valence-corrected chi connectivity index (χ1v) is 14.8. The Bertz CT molecular complexity index is 778. The average Bonchev–Trinajstić information content (AvgIpc) is 2.91. The van der Waals surface area contributed by atoms with Crippen LogP contribution in [-0.2, 0) is 6.42 Å². The Kier molecular flexibility index (Phi) is 13.2. The van der Waals surface area contributed by atoms with E-state index in [1.54, 1.807) is 0 Å². The van der Waals surface area contributed by atoms with Crippen LogP contribution < -0.4 is 4.74 Å². The van der Waals surface area contributed by atoms with Gasteiger partial charge in [-0.05, 0) is 67.3 Å². The van der Waals surface area contributed by atoms with E-state index < -0.39 is 0 Å². The first-order chi connectivity index (χ1) is 17.3. The highest BCUT2D eigenvalue weighted by atomic mass is 16.5. The van der Waals surface area contributed by atoms with Crippen LogP contribution in [0.3, 0.4) is 0 Å². The van der Waals surface area contributed by atoms with Crippen LogP contribution in [-0.4, -0.2) is 16.6 Å². The van der Waals surface area contributed by atoms with Crippen molar-refractivity contribution in [3.05, 3.63) is 42.2 Å². The number of benzene rings is 1. The van der Waals surface area contributed by atoms with Crippen molar-refractivity contribution in [3.63, 3.8) is 0 Å². The standard InChI is InChI=1S/C32H50N2O/c1-3-5-7-9-11-13-15-29-24-33-32(34-25-29)30-20-22-31(23-21-30)35-26-28-18-16-27(17-19-28)14-12-10-8-6-4-2/h20-25,27-28H,3-19,26H2,1-2H3/t27-,28-. The molecule has 0 saturated heterocycles. The molecule has 1 fully saturated rings. The second-order valence-corrected chi connectivity index (χ2v) is 10.9. The lowest BCUT2D eigenvalue weighted by atomic mass is 9.80. The molecule has 0 unspecified atom stereocenters. The number of ether oxygens (including phenoxy) is 1. The molecule has 1 saturated carbocycles. The molecular formula is C32H50N2O. The van der Waals surface area contributed by atoms with Gasteiger partial charge in [0, 0.05) is 18.0 Å². The zero-order valence-corrected chi connectivity index (χ0v) is 22.6. The SMILES string of the molecule is CCCCCCCCc1cnc(-c2ccc(OC[C@H]3CC[C@H](CCCCCCC)CC3)cc2)nc1. The number of unbranched alkanes of at least 4 members (excludes halogenated alkanes) is 9. The third kappa shape index (κ3) is 10.7. The van der Waals surface area contributed by atoms with Crippen LogP contribution in [0, 0.1) is 11.8 Å². The minimum atomic E-state index is 0.716. The highest BCUT2D eigenvalue weighted by Crippen LogP contribution is 2.32. The zero-order chi connectivity index (χ0) is 24.6. The van der Waals surface area contributed by atoms with Crippen molar-refractivity contribution in [1.82, 2.24) is 9.97 Å². The molecule has 0 N–H and O–H groups in total. The molecule has 1 aromatic carbocycles. The molecule has 1 heterocycles. The molecule has 1 aromatic heterocycles. The molecule has 1 aliphatic carbocycles. The number of hydrogen-bond donors (Lipinski definition) is 0. The lowest BCUT2D eigenvalue weighted by Crippen LogP contribution is -2.20. The molecular weight excluding hydrogens is 428 g/mol. The van der Waals surface area contributed by atoms with E-state index in [1.165, 1.54) is 108 Å². The Labute approximate surface area is 215 Å². The van der Waals surface area contributed by atoms with Crippen LogP contribution in [0.2, 0.25) is 0 Å². The van der Waals surface area contributed by atoms with Crippen LogP contribution in [0.15, 0.2) is 36.7 Å². The van der Waals surface area contributed by atoms with Crippen molar-refractivity contribution in [2.24, 2.45) is 11.8 Å². The van der Waals surface area contributed by atoms with Gasteiger partial charge in [-0.3, -0.25) is 0 Å². The van der Waals surface area contributed by atoms with Crippen molar-refractivity contribution in [2.45, 2.75) is 123 Å². The minimum absolute atomic E-state index is 0.716. The van der Waals surface area contributed by atoms with Crippen molar-refractivity contribution < 1.29 is 4.74 Å². The highest BCUT2D eigenvalue weighted by Gasteiger charge is 2.21. The molecule has 1 aliphatic rings. The van der Waals surface area contributed by atoms with Crippen LogP contribution >= 0.6 is 0 Å². The maximum absolute atomic E-state index is 6.15. The van der Waals surface area contributed by atoms with E-state index in [2.05, 4.69) is 48.1 Å². The molecule has 2 aromatic rings. The summed E-state index contributed by atoms with van der Waals surface area (Å²) in [5.41, 5.74) is 2.30. The molecule has 3 nitrogen and oxygen atoms in total. The smallest absolute Gasteiger partial charge is 0.159 e. The fourth-order valence-electron chi connectivity index (χ4n) is 5.38. The number of aryl methyl sites for hydroxylation is 1. The summed E-state index contributed by atoms with van der Waals surface area (Å²) in [6, 6.07) is 8.33. The third-order valence-electron chi connectivity index (χ3n) is 7.80. The third-order valence-corrected chi connectivity index (χ3v) is 7.80. The van der Waals surface area contributed by atoms with Gasteiger partial charge in [0.2, 0.25) is 0 Å². The van der Waals surface area contributed by atoms with E-state index in [4.69, 9.17) is 4.74 Å². The second kappa shape index (κ2) is 16.7. The van der Waals surface area contributed by atoms with Crippen molar-refractivity contribution in [2.75, 3.05) is 6.61 Å². The van der Waals surface area contributed by atoms with Crippen molar-refractivity contribution in [1.29, 1.82) is 0 Å². The van der Waals surface area contributed by atoms with Crippen molar-refractivity contribution in [3.8, 4) is 17.1 Å². The Morgan fingerprint density at radius 1 is 0.686 bits per heavy atom. The Balaban J connectivity index is 1.32. The van der Waals surface area contributed by atoms with Crippen LogP contribution in [0.25, 0.3) is 11.4 Å². The van der Waals surface area contributed by atoms with E-state index >= 15 is 0 Å². The Morgan fingerprint density at radius 3 is 1.91 bits per heavy atom. The predicted octanol–water partition coefficient (Wildman–Crippen LogP) is 9.59. The molecule has 3 rings (SSSR count). The number of aromatic nitrogens is 2. The van der Waals surface area contributed by atoms with Gasteiger partial charge in [-0.2, -0.15) is 0 Å². The van der Waals surface area contributed by atoms with Gasteiger partial charge >= 0.3 is 0 Å². The van der Waals surface area contributed by atoms with Gasteiger partial charge in [0.05, 0.1) is 6.61 Å². The normalized spacial score (nSPS) is 18.0. The number of nitrogens with zero attached hydrogens (tertiary/aromatic N) is 2. The van der Waals surface area contributed by atoms with Crippen LogP contribution in [0.5, 0.6) is 5.75 Å². The maximum atomic E-state index is 6.15. The van der Waals surface area contributed by atoms with E-state index in [1.807, 2.05) is 12.4 Å². The van der Waals surface area contributed by atoms with Gasteiger partial charge in [0.1, 0.15) is 5.75 Å². The summed E-state index contributed by atoms with van der Waals surface area (Å²) in [7, 11) is 0. The van der Waals surface area contributed by atoms with Crippen LogP contribution in [0.4, 0.5) is 0 Å². The Morgan fingerprint density at radius 2 is 1.26 bits per heavy atom. The molecule has 3 heteroatoms. The van der Waals surface area contributed by atoms with Crippen molar-refractivity contribution >= 4 is 0 Å². The van der Waals surface area contributed by atoms with E-state index in [0.29, 0.717) is 5.92 Å². The van der Waals surface area contributed by atoms with Gasteiger partial charge in [-0.25, -0.2) is 9.97 Å². The minimum Gasteiger partial charge on any atom is -0.493 e. The topological polar surface area (TPSA) is 35.0 Å². The predicted molar refractivity (Wildman–Crippen MR) is 149 cm³/mol. The van der Waals surface area contributed by atoms with Gasteiger partial charge in [0.25, 0.3) is 0 Å². The quantitative estimate of drug-likeness (QED) is 0.212. The number of hydrogen-bond acceptors (Lipinski definition) is 3. The molecule has 35 heavy (non-hydrogen) atoms. The van der Waals surface area contributed by atoms with Gasteiger partial charge < -0.3 is 4.74 Å². The van der Waals surface area contributed by atoms with E-state index in [-0.39, 0.29) is 0 Å². The molecule has 0 amide bonds. The monoisotopic (exact) mass is 478 g/mol. The molecule has 0 atom stereocenters. The molecule has 0 spiro atoms. The first kappa shape index (κ1) is 27.7. The molecule has 194 valence electrons. The summed E-state index contributed by atoms with van der Waals surface area (Å²) in [5, 5.41) is 0. The zero-order valence-electron chi connectivity index (χ0n) is 22.6. The van der Waals surface area contributed by atoms with Crippen LogP contribution in [0.1, 0.15) is 122 Å². The summed E-state index contributed by atoms with van der Waals surface area (Å²) in [6.45, 7) is 5.41. The lowest BCUT2D eigenvalue weighted by Gasteiger charge is -2.28. The van der Waals surface area contributed by atoms with Gasteiger partial charge in [-0.1, -0.05) is 97.3 Å². The highest BCUT2D eigenvalue weighted by molar-refractivity contribution is 5.55. The molecule has 0 aliphatic heterocycles. The van der Waals surface area contributed by atoms with Gasteiger partial charge in [-0.15, -0.1) is 0 Å². The summed E-state index contributed by atoms with van der Waals surface area (Å²) in [5.74, 6) is 3.45. The lowest BCUT2D eigenvalue weighted by molar-refractivity contribution is 0.177. The first-order valence-electron chi connectivity index (χ1n) is 14.8. The fraction of sp³-hybridized carbons (Fsp3) is 0.688. The summed E-state index contributed by atoms with van der Waals surface area (Å²) >= 11 is 0. The Hall–Kier alpha value is -1.90. The summed E-state index contributed by atoms with van der Waals surface area (Å²) in [6.07, 6.45) is 27.0. The largest absolute Gasteiger partial charge is 0.493 e. The number of rotatable bonds is 17. The average molecular weight is 479 g/mol. The summed E-state index contributed by atoms with van der Waals surface area (Å²) < 4.78 is 6.15. The van der Waals surface area contributed by atoms with E-state index in [9.17, 15) is 0 Å².